The molecule has 0 N–H and O–H groups in total. The van der Waals surface area contributed by atoms with E-state index in [9.17, 15) is 4.79 Å². The molecule has 17 heavy (non-hydrogen) atoms. The Labute approximate surface area is 106 Å². The van der Waals surface area contributed by atoms with Crippen LogP contribution < -0.4 is 9.47 Å². The van der Waals surface area contributed by atoms with Crippen LogP contribution in [0.4, 0.5) is 0 Å². The number of carbonyl (C=O) groups is 1. The summed E-state index contributed by atoms with van der Waals surface area (Å²) in [6, 6.07) is 7.13. The third-order valence-electron chi connectivity index (χ3n) is 1.92. The first-order valence-corrected chi connectivity index (χ1v) is 6.38. The van der Waals surface area contributed by atoms with Gasteiger partial charge >= 0.3 is 5.97 Å². The quantitative estimate of drug-likeness (QED) is 0.611. The molecular formula is C13H18O3S. The lowest BCUT2D eigenvalue weighted by Gasteiger charge is -2.16. The summed E-state index contributed by atoms with van der Waals surface area (Å²) in [5.74, 6) is 1.12. The standard InChI is InChI=1S/C13H18O3S/c1-13(2,3)17-9-12(14)16-11-8-6-5-7-10(11)15-4/h5-8H,9H2,1-4H3. The monoisotopic (exact) mass is 254 g/mol. The summed E-state index contributed by atoms with van der Waals surface area (Å²) in [5.41, 5.74) is 0. The molecule has 1 aromatic rings. The Balaban J connectivity index is 2.56. The molecule has 0 atom stereocenters. The molecule has 0 radical (unpaired) electrons. The predicted molar refractivity (Wildman–Crippen MR) is 70.8 cm³/mol. The molecule has 0 saturated carbocycles. The second-order valence-corrected chi connectivity index (χ2v) is 6.33. The van der Waals surface area contributed by atoms with E-state index >= 15 is 0 Å². The van der Waals surface area contributed by atoms with Gasteiger partial charge in [0.2, 0.25) is 0 Å². The van der Waals surface area contributed by atoms with E-state index in [1.54, 1.807) is 31.0 Å². The molecule has 0 aliphatic rings. The molecule has 0 fully saturated rings. The number of carbonyl (C=O) groups excluding carboxylic acids is 1. The van der Waals surface area contributed by atoms with Gasteiger partial charge in [-0.25, -0.2) is 0 Å². The molecule has 1 aromatic carbocycles. The molecule has 94 valence electrons. The van der Waals surface area contributed by atoms with Crippen LogP contribution in [0.5, 0.6) is 11.5 Å². The molecule has 0 spiro atoms. The van der Waals surface area contributed by atoms with Crippen molar-refractivity contribution < 1.29 is 14.3 Å². The fourth-order valence-electron chi connectivity index (χ4n) is 1.13. The summed E-state index contributed by atoms with van der Waals surface area (Å²) in [7, 11) is 1.55. The van der Waals surface area contributed by atoms with E-state index in [0.717, 1.165) is 0 Å². The molecule has 3 nitrogen and oxygen atoms in total. The van der Waals surface area contributed by atoms with E-state index in [0.29, 0.717) is 17.3 Å². The molecule has 0 bridgehead atoms. The predicted octanol–water partition coefficient (Wildman–Crippen LogP) is 3.13. The lowest BCUT2D eigenvalue weighted by atomic mass is 10.3. The Bertz CT molecular complexity index is 382. The minimum Gasteiger partial charge on any atom is -0.493 e. The third-order valence-corrected chi connectivity index (χ3v) is 3.16. The highest BCUT2D eigenvalue weighted by Crippen LogP contribution is 2.27. The largest absolute Gasteiger partial charge is 0.493 e. The van der Waals surface area contributed by atoms with Crippen LogP contribution in [-0.4, -0.2) is 23.6 Å². The van der Waals surface area contributed by atoms with Gasteiger partial charge in [-0.05, 0) is 12.1 Å². The van der Waals surface area contributed by atoms with Crippen molar-refractivity contribution in [3.8, 4) is 11.5 Å². The maximum atomic E-state index is 11.6. The van der Waals surface area contributed by atoms with Crippen LogP contribution in [0, 0.1) is 0 Å². The minimum absolute atomic E-state index is 0.0554. The molecule has 0 aliphatic heterocycles. The first-order chi connectivity index (χ1) is 7.92. The first-order valence-electron chi connectivity index (χ1n) is 5.40. The van der Waals surface area contributed by atoms with Gasteiger partial charge in [0.25, 0.3) is 0 Å². The number of ether oxygens (including phenoxy) is 2. The summed E-state index contributed by atoms with van der Waals surface area (Å²) >= 11 is 1.56. The van der Waals surface area contributed by atoms with Crippen molar-refractivity contribution in [1.29, 1.82) is 0 Å². The highest BCUT2D eigenvalue weighted by atomic mass is 32.2. The number of para-hydroxylation sites is 2. The number of esters is 1. The maximum absolute atomic E-state index is 11.6. The Morgan fingerprint density at radius 2 is 1.82 bits per heavy atom. The molecular weight excluding hydrogens is 236 g/mol. The smallest absolute Gasteiger partial charge is 0.321 e. The molecule has 1 rings (SSSR count). The Morgan fingerprint density at radius 3 is 2.35 bits per heavy atom. The summed E-state index contributed by atoms with van der Waals surface area (Å²) in [4.78, 5) is 11.6. The highest BCUT2D eigenvalue weighted by molar-refractivity contribution is 8.01. The maximum Gasteiger partial charge on any atom is 0.321 e. The third kappa shape index (κ3) is 5.13. The molecule has 4 heteroatoms. The van der Waals surface area contributed by atoms with Crippen LogP contribution in [-0.2, 0) is 4.79 Å². The van der Waals surface area contributed by atoms with E-state index in [1.165, 1.54) is 0 Å². The van der Waals surface area contributed by atoms with Gasteiger partial charge in [0, 0.05) is 4.75 Å². The molecule has 0 unspecified atom stereocenters. The van der Waals surface area contributed by atoms with Gasteiger partial charge < -0.3 is 9.47 Å². The Morgan fingerprint density at radius 1 is 1.24 bits per heavy atom. The van der Waals surface area contributed by atoms with Crippen LogP contribution in [0.2, 0.25) is 0 Å². The second kappa shape index (κ2) is 5.96. The molecule has 0 saturated heterocycles. The zero-order valence-corrected chi connectivity index (χ0v) is 11.5. The van der Waals surface area contributed by atoms with E-state index in [-0.39, 0.29) is 10.7 Å². The van der Waals surface area contributed by atoms with Crippen molar-refractivity contribution in [2.75, 3.05) is 12.9 Å². The molecule has 0 heterocycles. The number of hydrogen-bond acceptors (Lipinski definition) is 4. The fraction of sp³-hybridized carbons (Fsp3) is 0.462. The SMILES string of the molecule is COc1ccccc1OC(=O)CSC(C)(C)C. The van der Waals surface area contributed by atoms with Crippen molar-refractivity contribution in [2.45, 2.75) is 25.5 Å². The van der Waals surface area contributed by atoms with E-state index in [4.69, 9.17) is 9.47 Å². The fourth-order valence-corrected chi connectivity index (χ4v) is 1.74. The van der Waals surface area contributed by atoms with Crippen LogP contribution in [0.15, 0.2) is 24.3 Å². The topological polar surface area (TPSA) is 35.5 Å². The van der Waals surface area contributed by atoms with Gasteiger partial charge in [-0.15, -0.1) is 11.8 Å². The van der Waals surface area contributed by atoms with Crippen LogP contribution in [0.25, 0.3) is 0 Å². The highest BCUT2D eigenvalue weighted by Gasteiger charge is 2.15. The average Bonchev–Trinajstić information content (AvgIpc) is 2.26. The zero-order valence-electron chi connectivity index (χ0n) is 10.6. The summed E-state index contributed by atoms with van der Waals surface area (Å²) in [5, 5.41) is 0. The number of hydrogen-bond donors (Lipinski definition) is 0. The molecule has 0 aliphatic carbocycles. The molecule has 0 aromatic heterocycles. The van der Waals surface area contributed by atoms with E-state index < -0.39 is 0 Å². The van der Waals surface area contributed by atoms with E-state index in [2.05, 4.69) is 20.8 Å². The number of rotatable bonds is 4. The average molecular weight is 254 g/mol. The number of methoxy groups -OCH3 is 1. The van der Waals surface area contributed by atoms with Gasteiger partial charge in [0.15, 0.2) is 11.5 Å². The number of thioether (sulfide) groups is 1. The van der Waals surface area contributed by atoms with Gasteiger partial charge in [0.05, 0.1) is 12.9 Å². The normalized spacial score (nSPS) is 11.1. The van der Waals surface area contributed by atoms with Crippen molar-refractivity contribution >= 4 is 17.7 Å². The van der Waals surface area contributed by atoms with Gasteiger partial charge in [-0.3, -0.25) is 4.79 Å². The first kappa shape index (κ1) is 13.9. The Hall–Kier alpha value is -1.16. The number of benzene rings is 1. The van der Waals surface area contributed by atoms with Crippen LogP contribution >= 0.6 is 11.8 Å². The lowest BCUT2D eigenvalue weighted by Crippen LogP contribution is -2.17. The summed E-state index contributed by atoms with van der Waals surface area (Å²) < 4.78 is 10.4. The minimum atomic E-state index is -0.255. The Kier molecular flexibility index (Phi) is 4.87. The van der Waals surface area contributed by atoms with Crippen molar-refractivity contribution in [2.24, 2.45) is 0 Å². The zero-order chi connectivity index (χ0) is 12.9. The van der Waals surface area contributed by atoms with Crippen LogP contribution in [0.1, 0.15) is 20.8 Å². The van der Waals surface area contributed by atoms with Crippen molar-refractivity contribution in [1.82, 2.24) is 0 Å². The van der Waals surface area contributed by atoms with Crippen molar-refractivity contribution in [3.63, 3.8) is 0 Å². The second-order valence-electron chi connectivity index (χ2n) is 4.53. The molecule has 0 amide bonds. The lowest BCUT2D eigenvalue weighted by molar-refractivity contribution is -0.131. The van der Waals surface area contributed by atoms with E-state index in [1.807, 2.05) is 12.1 Å². The van der Waals surface area contributed by atoms with Crippen LogP contribution in [0.3, 0.4) is 0 Å². The van der Waals surface area contributed by atoms with Gasteiger partial charge in [-0.2, -0.15) is 0 Å². The van der Waals surface area contributed by atoms with Gasteiger partial charge in [0.1, 0.15) is 0 Å². The summed E-state index contributed by atoms with van der Waals surface area (Å²) in [6.45, 7) is 6.19. The van der Waals surface area contributed by atoms with Gasteiger partial charge in [-0.1, -0.05) is 32.9 Å². The van der Waals surface area contributed by atoms with Crippen molar-refractivity contribution in [3.05, 3.63) is 24.3 Å². The summed E-state index contributed by atoms with van der Waals surface area (Å²) in [6.07, 6.45) is 0.